The van der Waals surface area contributed by atoms with E-state index in [0.29, 0.717) is 37.8 Å². The van der Waals surface area contributed by atoms with Gasteiger partial charge in [0.2, 0.25) is 5.91 Å². The van der Waals surface area contributed by atoms with Crippen LogP contribution in [0, 0.1) is 11.3 Å². The summed E-state index contributed by atoms with van der Waals surface area (Å²) < 4.78 is 5.73. The summed E-state index contributed by atoms with van der Waals surface area (Å²) in [7, 11) is 0. The van der Waals surface area contributed by atoms with Gasteiger partial charge in [-0.25, -0.2) is 4.98 Å². The molecular weight excluding hydrogens is 444 g/mol. The Bertz CT molecular complexity index is 1070. The Hall–Kier alpha value is -2.92. The summed E-state index contributed by atoms with van der Waals surface area (Å²) in [6.07, 6.45) is 0.276. The van der Waals surface area contributed by atoms with E-state index < -0.39 is 0 Å². The van der Waals surface area contributed by atoms with Gasteiger partial charge in [0.15, 0.2) is 0 Å². The molecule has 1 amide bonds. The first kappa shape index (κ1) is 22.3. The molecule has 4 rings (SSSR count). The van der Waals surface area contributed by atoms with Crippen molar-refractivity contribution in [1.29, 1.82) is 5.26 Å². The molecule has 0 bridgehead atoms. The van der Waals surface area contributed by atoms with E-state index in [1.807, 2.05) is 52.7 Å². The third kappa shape index (κ3) is 5.65. The normalized spacial score (nSPS) is 15.2. The first-order valence-corrected chi connectivity index (χ1v) is 11.7. The number of aromatic nitrogens is 1. The maximum Gasteiger partial charge on any atom is 0.228 e. The average molecular weight is 467 g/mol. The fourth-order valence-electron chi connectivity index (χ4n) is 3.67. The van der Waals surface area contributed by atoms with Crippen molar-refractivity contribution in [3.05, 3.63) is 81.3 Å². The third-order valence-corrected chi connectivity index (χ3v) is 6.50. The molecule has 1 atom stereocenters. The van der Waals surface area contributed by atoms with Gasteiger partial charge in [-0.15, -0.1) is 11.3 Å². The standard InChI is InChI=1S/C24H23ClN4O2S/c25-19-6-8-21(9-7-19)31-16-23-27-20(17-32-23)14-24(30)29-12-10-28(11-13-29)22(15-26)18-4-2-1-3-5-18/h1-9,17,22H,10-14,16H2. The van der Waals surface area contributed by atoms with E-state index in [0.717, 1.165) is 22.0 Å². The fraction of sp³-hybridized carbons (Fsp3) is 0.292. The van der Waals surface area contributed by atoms with Gasteiger partial charge in [-0.05, 0) is 29.8 Å². The predicted molar refractivity (Wildman–Crippen MR) is 125 cm³/mol. The Kier molecular flexibility index (Phi) is 7.38. The van der Waals surface area contributed by atoms with Gasteiger partial charge in [-0.2, -0.15) is 5.26 Å². The number of amides is 1. The lowest BCUT2D eigenvalue weighted by Crippen LogP contribution is -2.49. The largest absolute Gasteiger partial charge is 0.486 e. The zero-order valence-electron chi connectivity index (χ0n) is 17.5. The molecule has 1 unspecified atom stereocenters. The Morgan fingerprint density at radius 2 is 1.84 bits per heavy atom. The molecule has 0 saturated carbocycles. The summed E-state index contributed by atoms with van der Waals surface area (Å²) in [5.74, 6) is 0.791. The molecule has 1 saturated heterocycles. The Morgan fingerprint density at radius 3 is 2.53 bits per heavy atom. The molecule has 2 heterocycles. The van der Waals surface area contributed by atoms with Crippen LogP contribution in [-0.4, -0.2) is 46.9 Å². The van der Waals surface area contributed by atoms with E-state index >= 15 is 0 Å². The molecule has 0 N–H and O–H groups in total. The van der Waals surface area contributed by atoms with Crippen molar-refractivity contribution >= 4 is 28.8 Å². The van der Waals surface area contributed by atoms with Crippen LogP contribution in [0.4, 0.5) is 0 Å². The molecule has 0 radical (unpaired) electrons. The van der Waals surface area contributed by atoms with E-state index in [4.69, 9.17) is 16.3 Å². The van der Waals surface area contributed by atoms with Gasteiger partial charge >= 0.3 is 0 Å². The van der Waals surface area contributed by atoms with E-state index in [1.54, 1.807) is 12.1 Å². The zero-order chi connectivity index (χ0) is 22.3. The number of piperazine rings is 1. The SMILES string of the molecule is N#CC(c1ccccc1)N1CCN(C(=O)Cc2csc(COc3ccc(Cl)cc3)n2)CC1. The minimum Gasteiger partial charge on any atom is -0.486 e. The van der Waals surface area contributed by atoms with Gasteiger partial charge in [-0.1, -0.05) is 41.9 Å². The van der Waals surface area contributed by atoms with Crippen molar-refractivity contribution < 1.29 is 9.53 Å². The third-order valence-electron chi connectivity index (χ3n) is 5.38. The second kappa shape index (κ2) is 10.6. The lowest BCUT2D eigenvalue weighted by atomic mass is 10.1. The number of nitriles is 1. The number of ether oxygens (including phenoxy) is 1. The van der Waals surface area contributed by atoms with E-state index in [1.165, 1.54) is 11.3 Å². The maximum absolute atomic E-state index is 12.8. The zero-order valence-corrected chi connectivity index (χ0v) is 19.1. The minimum absolute atomic E-state index is 0.0633. The van der Waals surface area contributed by atoms with Crippen molar-refractivity contribution in [1.82, 2.24) is 14.8 Å². The Labute approximate surface area is 196 Å². The molecule has 6 nitrogen and oxygen atoms in total. The molecule has 0 spiro atoms. The molecule has 1 aromatic heterocycles. The molecule has 1 aliphatic rings. The van der Waals surface area contributed by atoms with Crippen LogP contribution in [0.2, 0.25) is 5.02 Å². The summed E-state index contributed by atoms with van der Waals surface area (Å²) >= 11 is 7.37. The number of hydrogen-bond donors (Lipinski definition) is 0. The number of thiazole rings is 1. The van der Waals surface area contributed by atoms with Crippen LogP contribution < -0.4 is 4.74 Å². The number of carbonyl (C=O) groups excluding carboxylic acids is 1. The van der Waals surface area contributed by atoms with Gasteiger partial charge in [0, 0.05) is 36.6 Å². The molecular formula is C24H23ClN4O2S. The summed E-state index contributed by atoms with van der Waals surface area (Å²) in [4.78, 5) is 21.3. The second-order valence-corrected chi connectivity index (χ2v) is 8.89. The van der Waals surface area contributed by atoms with E-state index in [-0.39, 0.29) is 18.4 Å². The van der Waals surface area contributed by atoms with Crippen LogP contribution in [0.3, 0.4) is 0 Å². The first-order valence-electron chi connectivity index (χ1n) is 10.4. The molecule has 164 valence electrons. The highest BCUT2D eigenvalue weighted by Crippen LogP contribution is 2.22. The molecule has 8 heteroatoms. The van der Waals surface area contributed by atoms with Crippen LogP contribution in [0.25, 0.3) is 0 Å². The van der Waals surface area contributed by atoms with Crippen LogP contribution in [-0.2, 0) is 17.8 Å². The smallest absolute Gasteiger partial charge is 0.228 e. The Morgan fingerprint density at radius 1 is 1.12 bits per heavy atom. The van der Waals surface area contributed by atoms with Crippen molar-refractivity contribution in [3.8, 4) is 11.8 Å². The number of hydrogen-bond acceptors (Lipinski definition) is 6. The lowest BCUT2D eigenvalue weighted by Gasteiger charge is -2.37. The lowest BCUT2D eigenvalue weighted by molar-refractivity contribution is -0.132. The van der Waals surface area contributed by atoms with Gasteiger partial charge in [0.1, 0.15) is 23.4 Å². The number of halogens is 1. The number of nitrogens with zero attached hydrogens (tertiary/aromatic N) is 4. The average Bonchev–Trinajstić information content (AvgIpc) is 3.27. The van der Waals surface area contributed by atoms with Crippen molar-refractivity contribution in [2.45, 2.75) is 19.1 Å². The highest BCUT2D eigenvalue weighted by Gasteiger charge is 2.27. The van der Waals surface area contributed by atoms with E-state index in [9.17, 15) is 10.1 Å². The quantitative estimate of drug-likeness (QED) is 0.518. The van der Waals surface area contributed by atoms with Crippen LogP contribution >= 0.6 is 22.9 Å². The molecule has 3 aromatic rings. The second-order valence-electron chi connectivity index (χ2n) is 7.51. The molecule has 32 heavy (non-hydrogen) atoms. The summed E-state index contributed by atoms with van der Waals surface area (Å²) in [5.41, 5.74) is 1.75. The highest BCUT2D eigenvalue weighted by atomic mass is 35.5. The topological polar surface area (TPSA) is 69.5 Å². The number of benzene rings is 2. The summed E-state index contributed by atoms with van der Waals surface area (Å²) in [6.45, 7) is 2.93. The maximum atomic E-state index is 12.8. The molecule has 1 aliphatic heterocycles. The van der Waals surface area contributed by atoms with Crippen LogP contribution in [0.15, 0.2) is 60.0 Å². The Balaban J connectivity index is 1.26. The number of rotatable bonds is 7. The van der Waals surface area contributed by atoms with Crippen molar-refractivity contribution in [2.75, 3.05) is 26.2 Å². The first-order chi connectivity index (χ1) is 15.6. The van der Waals surface area contributed by atoms with Gasteiger partial charge in [0.25, 0.3) is 0 Å². The number of carbonyl (C=O) groups is 1. The monoisotopic (exact) mass is 466 g/mol. The molecule has 0 aliphatic carbocycles. The highest BCUT2D eigenvalue weighted by molar-refractivity contribution is 7.09. The molecule has 1 fully saturated rings. The fourth-order valence-corrected chi connectivity index (χ4v) is 4.50. The predicted octanol–water partition coefficient (Wildman–Crippen LogP) is 4.33. The van der Waals surface area contributed by atoms with Crippen molar-refractivity contribution in [3.63, 3.8) is 0 Å². The van der Waals surface area contributed by atoms with Crippen LogP contribution in [0.5, 0.6) is 5.75 Å². The van der Waals surface area contributed by atoms with Gasteiger partial charge < -0.3 is 9.64 Å². The van der Waals surface area contributed by atoms with E-state index in [2.05, 4.69) is 16.0 Å². The summed E-state index contributed by atoms with van der Waals surface area (Å²) in [5, 5.41) is 13.0. The van der Waals surface area contributed by atoms with Gasteiger partial charge in [-0.3, -0.25) is 9.69 Å². The van der Waals surface area contributed by atoms with Crippen molar-refractivity contribution in [2.24, 2.45) is 0 Å². The molecule has 2 aromatic carbocycles. The summed E-state index contributed by atoms with van der Waals surface area (Å²) in [6, 6.07) is 19.1. The van der Waals surface area contributed by atoms with Crippen LogP contribution in [0.1, 0.15) is 22.3 Å². The van der Waals surface area contributed by atoms with Gasteiger partial charge in [0.05, 0.1) is 18.2 Å². The minimum atomic E-state index is -0.282.